The van der Waals surface area contributed by atoms with E-state index in [2.05, 4.69) is 5.32 Å². The van der Waals surface area contributed by atoms with E-state index < -0.39 is 17.5 Å². The average molecular weight is 301 g/mol. The smallest absolute Gasteiger partial charge is 0.338 e. The molecule has 7 heteroatoms. The molecule has 1 aliphatic rings. The molecule has 1 N–H and O–H groups in total. The molecule has 0 spiro atoms. The Balaban J connectivity index is 2.79. The second-order valence-corrected chi connectivity index (χ2v) is 4.81. The molecule has 1 atom stereocenters. The van der Waals surface area contributed by atoms with Crippen LogP contribution in [0.15, 0.2) is 0 Å². The van der Waals surface area contributed by atoms with Crippen LogP contribution in [-0.2, 0) is 28.6 Å². The quantitative estimate of drug-likeness (QED) is 0.414. The van der Waals surface area contributed by atoms with Gasteiger partial charge in [0.25, 0.3) is 0 Å². The molecule has 21 heavy (non-hydrogen) atoms. The maximum Gasteiger partial charge on any atom is 0.338 e. The lowest BCUT2D eigenvalue weighted by molar-refractivity contribution is -0.165. The Morgan fingerprint density at radius 1 is 1.00 bits per heavy atom. The minimum absolute atomic E-state index is 0.154. The van der Waals surface area contributed by atoms with Crippen molar-refractivity contribution in [2.45, 2.75) is 39.2 Å². The highest BCUT2D eigenvalue weighted by Gasteiger charge is 2.54. The summed E-state index contributed by atoms with van der Waals surface area (Å²) in [5.41, 5.74) is -1.51. The van der Waals surface area contributed by atoms with Crippen molar-refractivity contribution in [1.29, 1.82) is 0 Å². The Bertz CT molecular complexity index is 377. The summed E-state index contributed by atoms with van der Waals surface area (Å²) in [4.78, 5) is 35.8. The minimum atomic E-state index is -1.51. The topological polar surface area (TPSA) is 90.9 Å². The minimum Gasteiger partial charge on any atom is -0.466 e. The van der Waals surface area contributed by atoms with Crippen molar-refractivity contribution in [3.05, 3.63) is 0 Å². The van der Waals surface area contributed by atoms with Crippen molar-refractivity contribution >= 4 is 17.9 Å². The van der Waals surface area contributed by atoms with Gasteiger partial charge in [-0.25, -0.2) is 9.59 Å². The molecule has 1 saturated heterocycles. The van der Waals surface area contributed by atoms with Crippen LogP contribution in [0, 0.1) is 5.92 Å². The molecular weight excluding hydrogens is 278 g/mol. The number of carbonyl (C=O) groups is 3. The average Bonchev–Trinajstić information content (AvgIpc) is 2.85. The summed E-state index contributed by atoms with van der Waals surface area (Å²) in [6, 6.07) is 0. The highest BCUT2D eigenvalue weighted by atomic mass is 16.6. The maximum absolute atomic E-state index is 12.1. The van der Waals surface area contributed by atoms with Gasteiger partial charge in [-0.05, 0) is 33.1 Å². The number of esters is 3. The van der Waals surface area contributed by atoms with Gasteiger partial charge in [-0.3, -0.25) is 10.1 Å². The summed E-state index contributed by atoms with van der Waals surface area (Å²) < 4.78 is 14.8. The van der Waals surface area contributed by atoms with Crippen molar-refractivity contribution in [2.24, 2.45) is 5.92 Å². The third-order valence-electron chi connectivity index (χ3n) is 3.30. The van der Waals surface area contributed by atoms with Gasteiger partial charge in [0.05, 0.1) is 19.8 Å². The Kier molecular flexibility index (Phi) is 6.61. The van der Waals surface area contributed by atoms with Crippen molar-refractivity contribution in [3.8, 4) is 0 Å². The zero-order valence-corrected chi connectivity index (χ0v) is 12.8. The normalized spacial score (nSPS) is 19.9. The first-order valence-electron chi connectivity index (χ1n) is 7.25. The van der Waals surface area contributed by atoms with Crippen molar-refractivity contribution in [1.82, 2.24) is 5.32 Å². The van der Waals surface area contributed by atoms with Crippen LogP contribution in [0.5, 0.6) is 0 Å². The molecule has 0 bridgehead atoms. The van der Waals surface area contributed by atoms with Crippen LogP contribution in [0.1, 0.15) is 33.6 Å². The molecule has 0 aromatic rings. The predicted octanol–water partition coefficient (Wildman–Crippen LogP) is 0.414. The van der Waals surface area contributed by atoms with Gasteiger partial charge in [-0.1, -0.05) is 0 Å². The molecule has 7 nitrogen and oxygen atoms in total. The van der Waals surface area contributed by atoms with E-state index in [9.17, 15) is 14.4 Å². The largest absolute Gasteiger partial charge is 0.466 e. The number of carbonyl (C=O) groups excluding carboxylic acids is 3. The van der Waals surface area contributed by atoms with Gasteiger partial charge in [-0.15, -0.1) is 0 Å². The van der Waals surface area contributed by atoms with Crippen molar-refractivity contribution in [3.63, 3.8) is 0 Å². The van der Waals surface area contributed by atoms with Gasteiger partial charge in [0, 0.05) is 13.0 Å². The van der Waals surface area contributed by atoms with Gasteiger partial charge < -0.3 is 14.2 Å². The maximum atomic E-state index is 12.1. The summed E-state index contributed by atoms with van der Waals surface area (Å²) in [5.74, 6) is -1.82. The summed E-state index contributed by atoms with van der Waals surface area (Å²) >= 11 is 0. The first-order valence-corrected chi connectivity index (χ1v) is 7.25. The van der Waals surface area contributed by atoms with Crippen LogP contribution >= 0.6 is 0 Å². The van der Waals surface area contributed by atoms with Gasteiger partial charge in [0.15, 0.2) is 0 Å². The Morgan fingerprint density at radius 2 is 1.52 bits per heavy atom. The highest BCUT2D eigenvalue weighted by Crippen LogP contribution is 2.29. The molecule has 1 heterocycles. The summed E-state index contributed by atoms with van der Waals surface area (Å²) in [5, 5.41) is 2.88. The SMILES string of the molecule is CCOC(=O)CC1CNC(C(=O)OCC)(C(=O)OCC)C1. The fourth-order valence-electron chi connectivity index (χ4n) is 2.40. The van der Waals surface area contributed by atoms with Gasteiger partial charge in [0.1, 0.15) is 0 Å². The van der Waals surface area contributed by atoms with E-state index in [-0.39, 0.29) is 37.9 Å². The second-order valence-electron chi connectivity index (χ2n) is 4.81. The van der Waals surface area contributed by atoms with Crippen LogP contribution in [-0.4, -0.2) is 49.8 Å². The molecule has 0 aliphatic carbocycles. The lowest BCUT2D eigenvalue weighted by atomic mass is 9.91. The van der Waals surface area contributed by atoms with E-state index in [4.69, 9.17) is 14.2 Å². The molecular formula is C14H23NO6. The molecule has 1 fully saturated rings. The molecule has 120 valence electrons. The van der Waals surface area contributed by atoms with E-state index >= 15 is 0 Å². The second kappa shape index (κ2) is 7.97. The van der Waals surface area contributed by atoms with Crippen molar-refractivity contribution in [2.75, 3.05) is 26.4 Å². The number of rotatable bonds is 7. The first kappa shape index (κ1) is 17.4. The van der Waals surface area contributed by atoms with Gasteiger partial charge >= 0.3 is 17.9 Å². The molecule has 0 amide bonds. The van der Waals surface area contributed by atoms with Crippen LogP contribution in [0.3, 0.4) is 0 Å². The molecule has 0 saturated carbocycles. The Hall–Kier alpha value is -1.63. The standard InChI is InChI=1S/C14H23NO6/c1-4-19-11(16)7-10-8-14(15-9-10,12(17)20-5-2)13(18)21-6-3/h10,15H,4-9H2,1-3H3. The Morgan fingerprint density at radius 3 is 2.00 bits per heavy atom. The fraction of sp³-hybridized carbons (Fsp3) is 0.786. The van der Waals surface area contributed by atoms with Crippen LogP contribution < -0.4 is 5.32 Å². The number of nitrogens with one attached hydrogen (secondary N) is 1. The third kappa shape index (κ3) is 4.17. The summed E-state index contributed by atoms with van der Waals surface area (Å²) in [6.07, 6.45) is 0.324. The van der Waals surface area contributed by atoms with E-state index in [0.717, 1.165) is 0 Å². The molecule has 0 aromatic heterocycles. The number of hydrogen-bond acceptors (Lipinski definition) is 7. The fourth-order valence-corrected chi connectivity index (χ4v) is 2.40. The zero-order valence-electron chi connectivity index (χ0n) is 12.8. The van der Waals surface area contributed by atoms with Crippen LogP contribution in [0.2, 0.25) is 0 Å². The molecule has 1 unspecified atom stereocenters. The van der Waals surface area contributed by atoms with E-state index in [1.807, 2.05) is 0 Å². The number of hydrogen-bond donors (Lipinski definition) is 1. The zero-order chi connectivity index (χ0) is 15.9. The van der Waals surface area contributed by atoms with Crippen LogP contribution in [0.4, 0.5) is 0 Å². The van der Waals surface area contributed by atoms with Crippen molar-refractivity contribution < 1.29 is 28.6 Å². The molecule has 1 aliphatic heterocycles. The van der Waals surface area contributed by atoms with E-state index in [0.29, 0.717) is 13.2 Å². The molecule has 0 radical (unpaired) electrons. The lowest BCUT2D eigenvalue weighted by Crippen LogP contribution is -2.56. The Labute approximate surface area is 124 Å². The molecule has 1 rings (SSSR count). The first-order chi connectivity index (χ1) is 10.00. The summed E-state index contributed by atoms with van der Waals surface area (Å²) in [6.45, 7) is 6.07. The van der Waals surface area contributed by atoms with Gasteiger partial charge in [0.2, 0.25) is 5.54 Å². The monoisotopic (exact) mass is 301 g/mol. The third-order valence-corrected chi connectivity index (χ3v) is 3.30. The highest BCUT2D eigenvalue weighted by molar-refractivity contribution is 6.05. The lowest BCUT2D eigenvalue weighted by Gasteiger charge is -2.24. The predicted molar refractivity (Wildman–Crippen MR) is 73.4 cm³/mol. The molecule has 0 aromatic carbocycles. The number of ether oxygens (including phenoxy) is 3. The van der Waals surface area contributed by atoms with E-state index in [1.54, 1.807) is 20.8 Å². The summed E-state index contributed by atoms with van der Waals surface area (Å²) in [7, 11) is 0. The van der Waals surface area contributed by atoms with Gasteiger partial charge in [-0.2, -0.15) is 0 Å². The van der Waals surface area contributed by atoms with Crippen LogP contribution in [0.25, 0.3) is 0 Å². The van der Waals surface area contributed by atoms with E-state index in [1.165, 1.54) is 0 Å².